The van der Waals surface area contributed by atoms with E-state index in [-0.39, 0.29) is 0 Å². The lowest BCUT2D eigenvalue weighted by Gasteiger charge is -2.27. The molecule has 0 radical (unpaired) electrons. The largest absolute Gasteiger partial charge is 0.361 e. The van der Waals surface area contributed by atoms with Gasteiger partial charge >= 0.3 is 0 Å². The molecule has 2 heteroatoms. The Morgan fingerprint density at radius 3 is 3.12 bits per heavy atom. The fourth-order valence-electron chi connectivity index (χ4n) is 2.47. The molecule has 82 valence electrons. The Balaban J connectivity index is 1.98. The van der Waals surface area contributed by atoms with E-state index in [9.17, 15) is 0 Å². The molecule has 1 atom stereocenters. The fraction of sp³-hybridized carbons (Fsp3) is 0.357. The van der Waals surface area contributed by atoms with Crippen LogP contribution in [0.2, 0.25) is 0 Å². The zero-order valence-electron chi connectivity index (χ0n) is 9.75. The van der Waals surface area contributed by atoms with Crippen LogP contribution in [-0.4, -0.2) is 6.21 Å². The Morgan fingerprint density at radius 2 is 2.25 bits per heavy atom. The maximum absolute atomic E-state index is 4.53. The minimum absolute atomic E-state index is 0.586. The number of nitrogens with one attached hydrogen (secondary N) is 1. The predicted octanol–water partition coefficient (Wildman–Crippen LogP) is 3.07. The van der Waals surface area contributed by atoms with Crippen LogP contribution < -0.4 is 5.32 Å². The molecule has 0 bridgehead atoms. The first-order valence-electron chi connectivity index (χ1n) is 5.84. The van der Waals surface area contributed by atoms with Crippen molar-refractivity contribution in [2.45, 2.75) is 26.7 Å². The zero-order chi connectivity index (χ0) is 11.1. The third-order valence-electron chi connectivity index (χ3n) is 3.29. The monoisotopic (exact) mass is 212 g/mol. The van der Waals surface area contributed by atoms with Gasteiger partial charge in [-0.15, -0.1) is 0 Å². The van der Waals surface area contributed by atoms with Gasteiger partial charge in [0.05, 0.1) is 5.70 Å². The van der Waals surface area contributed by atoms with Crippen molar-refractivity contribution in [1.29, 1.82) is 0 Å². The van der Waals surface area contributed by atoms with Crippen molar-refractivity contribution in [3.63, 3.8) is 0 Å². The van der Waals surface area contributed by atoms with Gasteiger partial charge in [-0.2, -0.15) is 0 Å². The van der Waals surface area contributed by atoms with Gasteiger partial charge in [-0.1, -0.05) is 13.0 Å². The van der Waals surface area contributed by atoms with Crippen LogP contribution in [0.5, 0.6) is 0 Å². The van der Waals surface area contributed by atoms with E-state index in [1.165, 1.54) is 28.1 Å². The molecule has 2 nitrogen and oxygen atoms in total. The van der Waals surface area contributed by atoms with Crippen molar-refractivity contribution < 1.29 is 0 Å². The van der Waals surface area contributed by atoms with Gasteiger partial charge in [0.1, 0.15) is 0 Å². The van der Waals surface area contributed by atoms with E-state index in [0.717, 1.165) is 12.8 Å². The van der Waals surface area contributed by atoms with Crippen LogP contribution in [0.4, 0.5) is 0 Å². The molecule has 0 aromatic rings. The van der Waals surface area contributed by atoms with E-state index < -0.39 is 0 Å². The van der Waals surface area contributed by atoms with Gasteiger partial charge < -0.3 is 5.32 Å². The Kier molecular flexibility index (Phi) is 2.10. The number of aliphatic imine (C=N–C) groups is 1. The van der Waals surface area contributed by atoms with E-state index in [0.29, 0.717) is 5.92 Å². The first-order valence-corrected chi connectivity index (χ1v) is 5.84. The second-order valence-electron chi connectivity index (χ2n) is 4.89. The molecule has 0 saturated carbocycles. The molecule has 2 aliphatic heterocycles. The van der Waals surface area contributed by atoms with Gasteiger partial charge in [-0.25, -0.2) is 0 Å². The SMILES string of the molecule is CC1=CNC2=CC3=C(CC2=C1)CC(C)C=N3. The second kappa shape index (κ2) is 3.48. The fourth-order valence-corrected chi connectivity index (χ4v) is 2.47. The second-order valence-corrected chi connectivity index (χ2v) is 4.89. The zero-order valence-corrected chi connectivity index (χ0v) is 9.75. The van der Waals surface area contributed by atoms with Crippen molar-refractivity contribution >= 4 is 6.21 Å². The van der Waals surface area contributed by atoms with E-state index in [1.807, 2.05) is 0 Å². The Bertz CT molecular complexity index is 487. The normalized spacial score (nSPS) is 27.4. The third-order valence-corrected chi connectivity index (χ3v) is 3.29. The highest BCUT2D eigenvalue weighted by Gasteiger charge is 2.22. The average molecular weight is 212 g/mol. The number of allylic oxidation sites excluding steroid dienone is 5. The molecule has 0 saturated heterocycles. The van der Waals surface area contributed by atoms with Crippen LogP contribution in [0, 0.1) is 5.92 Å². The Labute approximate surface area is 96.2 Å². The molecule has 1 unspecified atom stereocenters. The van der Waals surface area contributed by atoms with Crippen molar-refractivity contribution in [1.82, 2.24) is 5.32 Å². The summed E-state index contributed by atoms with van der Waals surface area (Å²) >= 11 is 0. The number of rotatable bonds is 0. The lowest BCUT2D eigenvalue weighted by atomic mass is 9.86. The average Bonchev–Trinajstić information content (AvgIpc) is 2.26. The van der Waals surface area contributed by atoms with Crippen LogP contribution in [0.3, 0.4) is 0 Å². The first-order chi connectivity index (χ1) is 7.72. The predicted molar refractivity (Wildman–Crippen MR) is 67.0 cm³/mol. The van der Waals surface area contributed by atoms with Gasteiger partial charge in [-0.3, -0.25) is 4.99 Å². The van der Waals surface area contributed by atoms with Gasteiger partial charge in [0.25, 0.3) is 0 Å². The summed E-state index contributed by atoms with van der Waals surface area (Å²) in [7, 11) is 0. The van der Waals surface area contributed by atoms with Gasteiger partial charge in [0.15, 0.2) is 0 Å². The summed E-state index contributed by atoms with van der Waals surface area (Å²) in [5, 5.41) is 3.34. The first kappa shape index (κ1) is 9.64. The summed E-state index contributed by atoms with van der Waals surface area (Å²) < 4.78 is 0. The number of hydrogen-bond acceptors (Lipinski definition) is 2. The molecule has 0 aromatic carbocycles. The smallest absolute Gasteiger partial charge is 0.0642 e. The molecule has 1 N–H and O–H groups in total. The van der Waals surface area contributed by atoms with Crippen molar-refractivity contribution in [3.05, 3.63) is 46.5 Å². The van der Waals surface area contributed by atoms with E-state index >= 15 is 0 Å². The minimum atomic E-state index is 0.586. The van der Waals surface area contributed by atoms with E-state index in [1.54, 1.807) is 0 Å². The molecule has 0 spiro atoms. The summed E-state index contributed by atoms with van der Waals surface area (Å²) in [6, 6.07) is 0. The molecule has 0 fully saturated rings. The summed E-state index contributed by atoms with van der Waals surface area (Å²) in [4.78, 5) is 4.53. The van der Waals surface area contributed by atoms with Crippen molar-refractivity contribution in [3.8, 4) is 0 Å². The molecule has 16 heavy (non-hydrogen) atoms. The standard InChI is InChI=1S/C14H16N2/c1-9-3-11-5-12-4-10(2)8-16-14(12)6-13(11)15-7-9/h3,6-8,10,15H,4-5H2,1-2H3. The van der Waals surface area contributed by atoms with Gasteiger partial charge in [0, 0.05) is 18.1 Å². The third kappa shape index (κ3) is 1.54. The number of hydrogen-bond donors (Lipinski definition) is 1. The molecule has 0 aromatic heterocycles. The highest BCUT2D eigenvalue weighted by molar-refractivity contribution is 5.67. The minimum Gasteiger partial charge on any atom is -0.361 e. The lowest BCUT2D eigenvalue weighted by molar-refractivity contribution is 0.721. The van der Waals surface area contributed by atoms with Gasteiger partial charge in [-0.05, 0) is 48.5 Å². The molecule has 2 heterocycles. The number of fused-ring (bicyclic) bond motifs is 1. The van der Waals surface area contributed by atoms with E-state index in [2.05, 4.69) is 48.7 Å². The molecule has 1 aliphatic carbocycles. The van der Waals surface area contributed by atoms with Crippen LogP contribution in [0.15, 0.2) is 51.5 Å². The summed E-state index contributed by atoms with van der Waals surface area (Å²) in [6.45, 7) is 4.35. The Morgan fingerprint density at radius 1 is 1.38 bits per heavy atom. The van der Waals surface area contributed by atoms with Crippen LogP contribution >= 0.6 is 0 Å². The number of nitrogens with zero attached hydrogens (tertiary/aromatic N) is 1. The highest BCUT2D eigenvalue weighted by atomic mass is 14.9. The molecular formula is C14H16N2. The quantitative estimate of drug-likeness (QED) is 0.655. The van der Waals surface area contributed by atoms with Crippen molar-refractivity contribution in [2.24, 2.45) is 10.9 Å². The maximum Gasteiger partial charge on any atom is 0.0642 e. The van der Waals surface area contributed by atoms with Gasteiger partial charge in [0.2, 0.25) is 0 Å². The lowest BCUT2D eigenvalue weighted by Crippen LogP contribution is -2.18. The number of dihydropyridines is 1. The molecule has 3 rings (SSSR count). The van der Waals surface area contributed by atoms with Crippen LogP contribution in [-0.2, 0) is 0 Å². The van der Waals surface area contributed by atoms with Crippen LogP contribution in [0.25, 0.3) is 0 Å². The highest BCUT2D eigenvalue weighted by Crippen LogP contribution is 2.35. The van der Waals surface area contributed by atoms with Crippen LogP contribution in [0.1, 0.15) is 26.7 Å². The summed E-state index contributed by atoms with van der Waals surface area (Å²) in [5.74, 6) is 0.586. The summed E-state index contributed by atoms with van der Waals surface area (Å²) in [5.41, 5.74) is 6.58. The topological polar surface area (TPSA) is 24.4 Å². The molecule has 3 aliphatic rings. The van der Waals surface area contributed by atoms with Crippen molar-refractivity contribution in [2.75, 3.05) is 0 Å². The Hall–Kier alpha value is -1.57. The maximum atomic E-state index is 4.53. The molecular weight excluding hydrogens is 196 g/mol. The summed E-state index contributed by atoms with van der Waals surface area (Å²) in [6.07, 6.45) is 10.8. The molecule has 0 amide bonds. The van der Waals surface area contributed by atoms with E-state index in [4.69, 9.17) is 0 Å².